The minimum Gasteiger partial charge on any atom is -0.478 e. The number of nitrogens with zero attached hydrogens (tertiary/aromatic N) is 3. The Kier molecular flexibility index (Phi) is 3.45. The summed E-state index contributed by atoms with van der Waals surface area (Å²) in [6.07, 6.45) is -0.798. The normalized spacial score (nSPS) is 14.7. The number of carbonyl (C=O) groups excluding carboxylic acids is 1. The number of ether oxygens (including phenoxy) is 1. The third-order valence-corrected chi connectivity index (χ3v) is 4.18. The number of aromatic nitrogens is 2. The summed E-state index contributed by atoms with van der Waals surface area (Å²) in [5.41, 5.74) is 1.86. The lowest BCUT2D eigenvalue weighted by molar-refractivity contribution is -0.124. The van der Waals surface area contributed by atoms with Gasteiger partial charge in [-0.1, -0.05) is 24.3 Å². The standard InChI is InChI=1S/C18H16FN3O2/c1-12(24-16-9-5-2-6-13(16)19)17(23)22-11-10-21-15-8-4-3-7-14(15)20-18(21)22/h2-9,12H,10-11H2,1H3/t12-/m0/s1. The molecule has 4 rings (SSSR count). The van der Waals surface area contributed by atoms with Gasteiger partial charge in [-0.3, -0.25) is 9.69 Å². The zero-order chi connectivity index (χ0) is 16.7. The van der Waals surface area contributed by atoms with Gasteiger partial charge in [0.15, 0.2) is 17.7 Å². The molecule has 0 N–H and O–H groups in total. The maximum absolute atomic E-state index is 13.7. The molecule has 1 atom stereocenters. The number of rotatable bonds is 3. The first-order chi connectivity index (χ1) is 11.6. The smallest absolute Gasteiger partial charge is 0.270 e. The molecule has 1 aliphatic rings. The Morgan fingerprint density at radius 2 is 1.92 bits per heavy atom. The SMILES string of the molecule is C[C@H](Oc1ccccc1F)C(=O)N1CCn2c1nc1ccccc12. The highest BCUT2D eigenvalue weighted by atomic mass is 19.1. The van der Waals surface area contributed by atoms with Crippen LogP contribution in [0.5, 0.6) is 5.75 Å². The van der Waals surface area contributed by atoms with Crippen LogP contribution in [0.2, 0.25) is 0 Å². The van der Waals surface area contributed by atoms with Gasteiger partial charge in [0, 0.05) is 13.1 Å². The van der Waals surface area contributed by atoms with Gasteiger partial charge >= 0.3 is 0 Å². The van der Waals surface area contributed by atoms with Gasteiger partial charge in [-0.15, -0.1) is 0 Å². The molecule has 3 aromatic rings. The summed E-state index contributed by atoms with van der Waals surface area (Å²) in [5.74, 6) is -0.0191. The predicted octanol–water partition coefficient (Wildman–Crippen LogP) is 2.99. The Labute approximate surface area is 138 Å². The van der Waals surface area contributed by atoms with E-state index in [0.717, 1.165) is 11.0 Å². The van der Waals surface area contributed by atoms with E-state index < -0.39 is 11.9 Å². The van der Waals surface area contributed by atoms with E-state index in [1.165, 1.54) is 12.1 Å². The molecule has 0 fully saturated rings. The van der Waals surface area contributed by atoms with Gasteiger partial charge in [0.05, 0.1) is 11.0 Å². The molecule has 1 amide bonds. The average Bonchev–Trinajstić information content (AvgIpc) is 3.15. The van der Waals surface area contributed by atoms with Crippen molar-refractivity contribution in [2.24, 2.45) is 0 Å². The van der Waals surface area contributed by atoms with Crippen LogP contribution in [0.1, 0.15) is 6.92 Å². The third-order valence-electron chi connectivity index (χ3n) is 4.18. The fourth-order valence-corrected chi connectivity index (χ4v) is 3.00. The summed E-state index contributed by atoms with van der Waals surface area (Å²) in [7, 11) is 0. The molecule has 2 heterocycles. The number of hydrogen-bond acceptors (Lipinski definition) is 3. The summed E-state index contributed by atoms with van der Waals surface area (Å²) < 4.78 is 21.2. The van der Waals surface area contributed by atoms with Crippen LogP contribution in [0.25, 0.3) is 11.0 Å². The Bertz CT molecular complexity index is 922. The highest BCUT2D eigenvalue weighted by molar-refractivity contribution is 5.97. The summed E-state index contributed by atoms with van der Waals surface area (Å²) in [5, 5.41) is 0. The van der Waals surface area contributed by atoms with Gasteiger partial charge < -0.3 is 9.30 Å². The Morgan fingerprint density at radius 1 is 1.17 bits per heavy atom. The molecule has 5 nitrogen and oxygen atoms in total. The number of imidazole rings is 1. The Hall–Kier alpha value is -2.89. The van der Waals surface area contributed by atoms with Crippen molar-refractivity contribution in [1.29, 1.82) is 0 Å². The lowest BCUT2D eigenvalue weighted by Crippen LogP contribution is -2.40. The molecule has 0 spiro atoms. The molecule has 0 bridgehead atoms. The minimum absolute atomic E-state index is 0.0750. The molecule has 0 aliphatic carbocycles. The van der Waals surface area contributed by atoms with Crippen LogP contribution in [0.15, 0.2) is 48.5 Å². The van der Waals surface area contributed by atoms with Crippen LogP contribution < -0.4 is 9.64 Å². The summed E-state index contributed by atoms with van der Waals surface area (Å²) in [6.45, 7) is 2.85. The maximum Gasteiger partial charge on any atom is 0.270 e. The fourth-order valence-electron chi connectivity index (χ4n) is 3.00. The number of benzene rings is 2. The monoisotopic (exact) mass is 325 g/mol. The van der Waals surface area contributed by atoms with Crippen molar-refractivity contribution in [3.05, 3.63) is 54.3 Å². The van der Waals surface area contributed by atoms with E-state index >= 15 is 0 Å². The van der Waals surface area contributed by atoms with Crippen molar-refractivity contribution in [2.45, 2.75) is 19.6 Å². The van der Waals surface area contributed by atoms with Gasteiger partial charge in [-0.05, 0) is 31.2 Å². The molecule has 122 valence electrons. The van der Waals surface area contributed by atoms with Crippen molar-refractivity contribution in [3.63, 3.8) is 0 Å². The first-order valence-electron chi connectivity index (χ1n) is 7.83. The van der Waals surface area contributed by atoms with E-state index in [1.54, 1.807) is 24.0 Å². The number of carbonyl (C=O) groups is 1. The average molecular weight is 325 g/mol. The second-order valence-corrected chi connectivity index (χ2v) is 5.73. The van der Waals surface area contributed by atoms with Gasteiger partial charge in [-0.2, -0.15) is 0 Å². The lowest BCUT2D eigenvalue weighted by atomic mass is 10.3. The summed E-state index contributed by atoms with van der Waals surface area (Å²) in [6, 6.07) is 13.8. The van der Waals surface area contributed by atoms with Crippen LogP contribution >= 0.6 is 0 Å². The quantitative estimate of drug-likeness (QED) is 0.744. The van der Waals surface area contributed by atoms with Crippen molar-refractivity contribution in [2.75, 3.05) is 11.4 Å². The van der Waals surface area contributed by atoms with Crippen LogP contribution in [0, 0.1) is 5.82 Å². The van der Waals surface area contributed by atoms with Crippen molar-refractivity contribution in [1.82, 2.24) is 9.55 Å². The van der Waals surface area contributed by atoms with Crippen molar-refractivity contribution < 1.29 is 13.9 Å². The number of para-hydroxylation sites is 3. The second-order valence-electron chi connectivity index (χ2n) is 5.73. The molecule has 2 aromatic carbocycles. The molecule has 1 aromatic heterocycles. The van der Waals surface area contributed by atoms with Crippen molar-refractivity contribution in [3.8, 4) is 5.75 Å². The topological polar surface area (TPSA) is 47.4 Å². The van der Waals surface area contributed by atoms with E-state index in [2.05, 4.69) is 4.98 Å². The van der Waals surface area contributed by atoms with E-state index in [9.17, 15) is 9.18 Å². The van der Waals surface area contributed by atoms with Gasteiger partial charge in [-0.25, -0.2) is 9.37 Å². The fraction of sp³-hybridized carbons (Fsp3) is 0.222. The predicted molar refractivity (Wildman–Crippen MR) is 88.6 cm³/mol. The number of amides is 1. The van der Waals surface area contributed by atoms with E-state index in [-0.39, 0.29) is 11.7 Å². The second kappa shape index (κ2) is 5.63. The molecular weight excluding hydrogens is 309 g/mol. The maximum atomic E-state index is 13.7. The summed E-state index contributed by atoms with van der Waals surface area (Å²) in [4.78, 5) is 18.9. The highest BCUT2D eigenvalue weighted by Crippen LogP contribution is 2.28. The Morgan fingerprint density at radius 3 is 2.75 bits per heavy atom. The summed E-state index contributed by atoms with van der Waals surface area (Å²) >= 11 is 0. The molecule has 6 heteroatoms. The molecule has 0 saturated carbocycles. The van der Waals surface area contributed by atoms with Gasteiger partial charge in [0.25, 0.3) is 5.91 Å². The van der Waals surface area contributed by atoms with E-state index in [1.807, 2.05) is 28.8 Å². The first kappa shape index (κ1) is 14.7. The number of fused-ring (bicyclic) bond motifs is 3. The molecule has 0 radical (unpaired) electrons. The number of halogens is 1. The van der Waals surface area contributed by atoms with E-state index in [4.69, 9.17) is 4.74 Å². The van der Waals surface area contributed by atoms with Gasteiger partial charge in [0.1, 0.15) is 0 Å². The highest BCUT2D eigenvalue weighted by Gasteiger charge is 2.32. The largest absolute Gasteiger partial charge is 0.478 e. The third kappa shape index (κ3) is 2.31. The Balaban J connectivity index is 1.59. The molecular formula is C18H16FN3O2. The minimum atomic E-state index is -0.798. The van der Waals surface area contributed by atoms with Crippen LogP contribution in [-0.4, -0.2) is 28.1 Å². The molecule has 0 saturated heterocycles. The van der Waals surface area contributed by atoms with Crippen LogP contribution in [0.4, 0.5) is 10.3 Å². The van der Waals surface area contributed by atoms with Crippen LogP contribution in [-0.2, 0) is 11.3 Å². The molecule has 1 aliphatic heterocycles. The first-order valence-corrected chi connectivity index (χ1v) is 7.83. The van der Waals surface area contributed by atoms with E-state index in [0.29, 0.717) is 19.0 Å². The van der Waals surface area contributed by atoms with Crippen molar-refractivity contribution >= 4 is 22.9 Å². The van der Waals surface area contributed by atoms with Crippen LogP contribution in [0.3, 0.4) is 0 Å². The molecule has 24 heavy (non-hydrogen) atoms. The number of hydrogen-bond donors (Lipinski definition) is 0. The molecule has 0 unspecified atom stereocenters. The zero-order valence-electron chi connectivity index (χ0n) is 13.1. The lowest BCUT2D eigenvalue weighted by Gasteiger charge is -2.20. The number of anilines is 1. The van der Waals surface area contributed by atoms with Gasteiger partial charge in [0.2, 0.25) is 5.95 Å². The zero-order valence-corrected chi connectivity index (χ0v) is 13.1.